The van der Waals surface area contributed by atoms with Crippen LogP contribution in [0.15, 0.2) is 47.2 Å². The van der Waals surface area contributed by atoms with Crippen molar-refractivity contribution in [3.63, 3.8) is 0 Å². The predicted molar refractivity (Wildman–Crippen MR) is 67.4 cm³/mol. The van der Waals surface area contributed by atoms with Crippen molar-refractivity contribution < 1.29 is 9.32 Å². The van der Waals surface area contributed by atoms with Gasteiger partial charge in [-0.2, -0.15) is 0 Å². The van der Waals surface area contributed by atoms with E-state index in [1.54, 1.807) is 6.07 Å². The molecule has 2 heterocycles. The minimum Gasteiger partial charge on any atom is -0.361 e. The number of rotatable bonds is 2. The van der Waals surface area contributed by atoms with Gasteiger partial charge in [0.15, 0.2) is 0 Å². The number of carbonyl (C=O) groups excluding carboxylic acids is 1. The van der Waals surface area contributed by atoms with Crippen molar-refractivity contribution >= 4 is 28.5 Å². The fourth-order valence-corrected chi connectivity index (χ4v) is 1.68. The number of amides is 2. The lowest BCUT2D eigenvalue weighted by atomic mass is 10.2. The molecule has 0 unspecified atom stereocenters. The summed E-state index contributed by atoms with van der Waals surface area (Å²) >= 11 is 0. The smallest absolute Gasteiger partial charge is 0.326 e. The molecular weight excluding hydrogens is 232 g/mol. The second-order valence-corrected chi connectivity index (χ2v) is 3.74. The Labute approximate surface area is 102 Å². The Bertz CT molecular complexity index is 672. The van der Waals surface area contributed by atoms with Gasteiger partial charge in [0.05, 0.1) is 6.20 Å². The Hall–Kier alpha value is -2.76. The number of aromatic amines is 1. The Morgan fingerprint density at radius 2 is 2.17 bits per heavy atom. The van der Waals surface area contributed by atoms with Gasteiger partial charge in [-0.3, -0.25) is 5.32 Å². The summed E-state index contributed by atoms with van der Waals surface area (Å²) in [5.41, 5.74) is 1.66. The Balaban J connectivity index is 1.73. The lowest BCUT2D eigenvalue weighted by molar-refractivity contribution is 0.261. The second kappa shape index (κ2) is 4.25. The maximum Gasteiger partial charge on any atom is 0.326 e. The van der Waals surface area contributed by atoms with Crippen LogP contribution in [-0.4, -0.2) is 16.2 Å². The molecule has 0 fully saturated rings. The Kier molecular flexibility index (Phi) is 2.45. The van der Waals surface area contributed by atoms with Crippen LogP contribution in [0.1, 0.15) is 0 Å². The first-order chi connectivity index (χ1) is 8.81. The first-order valence-electron chi connectivity index (χ1n) is 5.37. The number of urea groups is 1. The molecule has 3 aromatic rings. The number of nitrogens with one attached hydrogen (secondary N) is 3. The third kappa shape index (κ3) is 2.03. The van der Waals surface area contributed by atoms with Crippen LogP contribution >= 0.6 is 0 Å². The van der Waals surface area contributed by atoms with Crippen molar-refractivity contribution in [3.05, 3.63) is 42.7 Å². The molecule has 90 valence electrons. The van der Waals surface area contributed by atoms with E-state index in [9.17, 15) is 4.79 Å². The number of aromatic nitrogens is 2. The summed E-state index contributed by atoms with van der Waals surface area (Å²) in [6.45, 7) is 0. The number of H-pyrrole nitrogens is 1. The molecule has 18 heavy (non-hydrogen) atoms. The third-order valence-corrected chi connectivity index (χ3v) is 2.49. The zero-order valence-corrected chi connectivity index (χ0v) is 9.31. The van der Waals surface area contributed by atoms with Gasteiger partial charge < -0.3 is 14.8 Å². The highest BCUT2D eigenvalue weighted by atomic mass is 16.5. The summed E-state index contributed by atoms with van der Waals surface area (Å²) in [6.07, 6.45) is 3.31. The fourth-order valence-electron chi connectivity index (χ4n) is 1.68. The minimum absolute atomic E-state index is 0.299. The maximum atomic E-state index is 11.6. The van der Waals surface area contributed by atoms with Crippen LogP contribution in [0.25, 0.3) is 10.9 Å². The standard InChI is InChI=1S/C12H10N4O2/c17-12(16-11-4-6-14-18-11)15-9-2-1-8-3-5-13-10(8)7-9/h1-7,13H,(H2,15,16,17). The van der Waals surface area contributed by atoms with Crippen molar-refractivity contribution in [1.82, 2.24) is 10.1 Å². The summed E-state index contributed by atoms with van der Waals surface area (Å²) in [5, 5.41) is 9.81. The van der Waals surface area contributed by atoms with Gasteiger partial charge in [0.2, 0.25) is 5.88 Å². The molecular formula is C12H10N4O2. The normalized spacial score (nSPS) is 10.4. The van der Waals surface area contributed by atoms with Crippen molar-refractivity contribution in [1.29, 1.82) is 0 Å². The molecule has 2 aromatic heterocycles. The Morgan fingerprint density at radius 3 is 3.00 bits per heavy atom. The monoisotopic (exact) mass is 242 g/mol. The molecule has 6 heteroatoms. The Morgan fingerprint density at radius 1 is 1.22 bits per heavy atom. The number of anilines is 2. The van der Waals surface area contributed by atoms with Crippen molar-refractivity contribution in [3.8, 4) is 0 Å². The van der Waals surface area contributed by atoms with E-state index in [1.807, 2.05) is 30.5 Å². The van der Waals surface area contributed by atoms with Gasteiger partial charge in [-0.25, -0.2) is 4.79 Å². The number of hydrogen-bond acceptors (Lipinski definition) is 3. The molecule has 0 aliphatic heterocycles. The molecule has 3 N–H and O–H groups in total. The lowest BCUT2D eigenvalue weighted by Gasteiger charge is -2.05. The first-order valence-corrected chi connectivity index (χ1v) is 5.37. The fraction of sp³-hybridized carbons (Fsp3) is 0. The van der Waals surface area contributed by atoms with E-state index in [2.05, 4.69) is 20.8 Å². The molecule has 0 spiro atoms. The summed E-state index contributed by atoms with van der Waals surface area (Å²) < 4.78 is 4.77. The first kappa shape index (κ1) is 10.4. The zero-order chi connectivity index (χ0) is 12.4. The average molecular weight is 242 g/mol. The number of nitrogens with zero attached hydrogens (tertiary/aromatic N) is 1. The lowest BCUT2D eigenvalue weighted by Crippen LogP contribution is -2.18. The van der Waals surface area contributed by atoms with Crippen LogP contribution in [0.2, 0.25) is 0 Å². The average Bonchev–Trinajstić information content (AvgIpc) is 2.98. The van der Waals surface area contributed by atoms with Crippen LogP contribution in [-0.2, 0) is 0 Å². The molecule has 0 radical (unpaired) electrons. The highest BCUT2D eigenvalue weighted by Gasteiger charge is 2.05. The van der Waals surface area contributed by atoms with Crippen LogP contribution in [0.5, 0.6) is 0 Å². The SMILES string of the molecule is O=C(Nc1ccc2cc[nH]c2c1)Nc1ccno1. The quantitative estimate of drug-likeness (QED) is 0.646. The van der Waals surface area contributed by atoms with Crippen LogP contribution in [0.4, 0.5) is 16.4 Å². The third-order valence-electron chi connectivity index (χ3n) is 2.49. The van der Waals surface area contributed by atoms with E-state index in [4.69, 9.17) is 4.52 Å². The van der Waals surface area contributed by atoms with Gasteiger partial charge in [0.1, 0.15) is 0 Å². The molecule has 0 atom stereocenters. The highest BCUT2D eigenvalue weighted by Crippen LogP contribution is 2.17. The van der Waals surface area contributed by atoms with E-state index >= 15 is 0 Å². The maximum absolute atomic E-state index is 11.6. The van der Waals surface area contributed by atoms with Crippen molar-refractivity contribution in [2.75, 3.05) is 10.6 Å². The molecule has 0 aliphatic carbocycles. The number of hydrogen-bond donors (Lipinski definition) is 3. The largest absolute Gasteiger partial charge is 0.361 e. The van der Waals surface area contributed by atoms with Crippen LogP contribution in [0, 0.1) is 0 Å². The summed E-state index contributed by atoms with van der Waals surface area (Å²) in [5.74, 6) is 0.299. The van der Waals surface area contributed by atoms with E-state index < -0.39 is 0 Å². The molecule has 1 aromatic carbocycles. The zero-order valence-electron chi connectivity index (χ0n) is 9.31. The van der Waals surface area contributed by atoms with Gasteiger partial charge in [0.25, 0.3) is 0 Å². The van der Waals surface area contributed by atoms with Gasteiger partial charge in [-0.15, -0.1) is 0 Å². The van der Waals surface area contributed by atoms with E-state index in [0.717, 1.165) is 10.9 Å². The number of fused-ring (bicyclic) bond motifs is 1. The van der Waals surface area contributed by atoms with Crippen LogP contribution in [0.3, 0.4) is 0 Å². The van der Waals surface area contributed by atoms with E-state index in [0.29, 0.717) is 11.6 Å². The molecule has 0 bridgehead atoms. The van der Waals surface area contributed by atoms with Gasteiger partial charge in [-0.1, -0.05) is 11.2 Å². The molecule has 2 amide bonds. The molecule has 3 rings (SSSR count). The van der Waals surface area contributed by atoms with E-state index in [1.165, 1.54) is 6.20 Å². The predicted octanol–water partition coefficient (Wildman–Crippen LogP) is 2.80. The second-order valence-electron chi connectivity index (χ2n) is 3.74. The molecule has 0 saturated carbocycles. The highest BCUT2D eigenvalue weighted by molar-refractivity contribution is 6.00. The van der Waals surface area contributed by atoms with Gasteiger partial charge >= 0.3 is 6.03 Å². The minimum atomic E-state index is -0.377. The summed E-state index contributed by atoms with van der Waals surface area (Å²) in [4.78, 5) is 14.7. The van der Waals surface area contributed by atoms with Crippen molar-refractivity contribution in [2.24, 2.45) is 0 Å². The van der Waals surface area contributed by atoms with Gasteiger partial charge in [-0.05, 0) is 23.6 Å². The molecule has 0 aliphatic rings. The van der Waals surface area contributed by atoms with Crippen LogP contribution < -0.4 is 10.6 Å². The molecule has 0 saturated heterocycles. The van der Waals surface area contributed by atoms with Crippen molar-refractivity contribution in [2.45, 2.75) is 0 Å². The topological polar surface area (TPSA) is 83.0 Å². The number of benzene rings is 1. The summed E-state index contributed by atoms with van der Waals surface area (Å²) in [7, 11) is 0. The summed E-state index contributed by atoms with van der Waals surface area (Å²) in [6, 6.07) is 8.76. The van der Waals surface area contributed by atoms with Gasteiger partial charge in [0, 0.05) is 23.5 Å². The number of carbonyl (C=O) groups is 1. The molecule has 6 nitrogen and oxygen atoms in total. The van der Waals surface area contributed by atoms with E-state index in [-0.39, 0.29) is 6.03 Å².